The van der Waals surface area contributed by atoms with Crippen LogP contribution in [0.2, 0.25) is 5.02 Å². The van der Waals surface area contributed by atoms with Gasteiger partial charge in [-0.05, 0) is 37.1 Å². The Kier molecular flexibility index (Phi) is 5.31. The molecule has 0 bridgehead atoms. The van der Waals surface area contributed by atoms with E-state index in [4.69, 9.17) is 16.7 Å². The molecule has 1 amide bonds. The Hall–Kier alpha value is -1.20. The number of rotatable bonds is 5. The van der Waals surface area contributed by atoms with E-state index in [-0.39, 0.29) is 18.4 Å². The van der Waals surface area contributed by atoms with E-state index in [9.17, 15) is 9.59 Å². The SMILES string of the molecule is O=C(O)CC1CCCN1C(=O)CSc1ccc(Cl)cc1. The topological polar surface area (TPSA) is 57.6 Å². The number of benzene rings is 1. The van der Waals surface area contributed by atoms with Gasteiger partial charge in [0, 0.05) is 22.5 Å². The van der Waals surface area contributed by atoms with Crippen molar-refractivity contribution in [3.8, 4) is 0 Å². The Morgan fingerprint density at radius 1 is 1.35 bits per heavy atom. The lowest BCUT2D eigenvalue weighted by Crippen LogP contribution is -2.37. The molecule has 1 heterocycles. The first-order valence-electron chi connectivity index (χ1n) is 6.46. The van der Waals surface area contributed by atoms with E-state index >= 15 is 0 Å². The molecule has 0 saturated carbocycles. The summed E-state index contributed by atoms with van der Waals surface area (Å²) < 4.78 is 0. The maximum Gasteiger partial charge on any atom is 0.305 e. The summed E-state index contributed by atoms with van der Waals surface area (Å²) in [5, 5.41) is 9.52. The Bertz CT molecular complexity index is 492. The van der Waals surface area contributed by atoms with Gasteiger partial charge in [-0.15, -0.1) is 11.8 Å². The second kappa shape index (κ2) is 6.99. The van der Waals surface area contributed by atoms with Gasteiger partial charge in [-0.1, -0.05) is 11.6 Å². The molecular formula is C14H16ClNO3S. The maximum absolute atomic E-state index is 12.2. The van der Waals surface area contributed by atoms with Crippen molar-refractivity contribution in [2.24, 2.45) is 0 Å². The number of carboxylic acid groups (broad SMARTS) is 1. The second-order valence-corrected chi connectivity index (χ2v) is 6.21. The summed E-state index contributed by atoms with van der Waals surface area (Å²) in [7, 11) is 0. The van der Waals surface area contributed by atoms with Gasteiger partial charge in [0.05, 0.1) is 12.2 Å². The molecule has 1 fully saturated rings. The molecule has 1 aromatic carbocycles. The number of aliphatic carboxylic acids is 1. The first-order valence-corrected chi connectivity index (χ1v) is 7.82. The summed E-state index contributed by atoms with van der Waals surface area (Å²) in [6.45, 7) is 0.665. The molecule has 1 unspecified atom stereocenters. The minimum absolute atomic E-state index is 0.00806. The van der Waals surface area contributed by atoms with E-state index in [2.05, 4.69) is 0 Å². The van der Waals surface area contributed by atoms with Crippen LogP contribution in [0.5, 0.6) is 0 Å². The van der Waals surface area contributed by atoms with Crippen LogP contribution in [0.15, 0.2) is 29.2 Å². The van der Waals surface area contributed by atoms with Crippen LogP contribution in [0.25, 0.3) is 0 Å². The van der Waals surface area contributed by atoms with Crippen molar-refractivity contribution in [1.82, 2.24) is 4.90 Å². The molecule has 20 heavy (non-hydrogen) atoms. The zero-order valence-corrected chi connectivity index (χ0v) is 12.5. The number of likely N-dealkylation sites (tertiary alicyclic amines) is 1. The van der Waals surface area contributed by atoms with Crippen LogP contribution in [-0.4, -0.2) is 40.2 Å². The molecule has 108 valence electrons. The minimum atomic E-state index is -0.847. The lowest BCUT2D eigenvalue weighted by atomic mass is 10.1. The van der Waals surface area contributed by atoms with Gasteiger partial charge in [-0.3, -0.25) is 9.59 Å². The van der Waals surface area contributed by atoms with Gasteiger partial charge in [0.25, 0.3) is 0 Å². The van der Waals surface area contributed by atoms with Crippen molar-refractivity contribution >= 4 is 35.2 Å². The number of halogens is 1. The molecule has 4 nitrogen and oxygen atoms in total. The zero-order valence-electron chi connectivity index (χ0n) is 10.9. The van der Waals surface area contributed by atoms with Crippen LogP contribution < -0.4 is 0 Å². The molecule has 1 atom stereocenters. The number of hydrogen-bond acceptors (Lipinski definition) is 3. The summed E-state index contributed by atoms with van der Waals surface area (Å²) >= 11 is 7.25. The van der Waals surface area contributed by atoms with Crippen molar-refractivity contribution in [1.29, 1.82) is 0 Å². The molecule has 0 aliphatic carbocycles. The largest absolute Gasteiger partial charge is 0.481 e. The van der Waals surface area contributed by atoms with Gasteiger partial charge >= 0.3 is 5.97 Å². The molecular weight excluding hydrogens is 298 g/mol. The van der Waals surface area contributed by atoms with Crippen LogP contribution in [0.3, 0.4) is 0 Å². The predicted octanol–water partition coefficient (Wildman–Crippen LogP) is 2.90. The van der Waals surface area contributed by atoms with Crippen molar-refractivity contribution in [3.05, 3.63) is 29.3 Å². The summed E-state index contributed by atoms with van der Waals surface area (Å²) in [5.74, 6) is -0.508. The van der Waals surface area contributed by atoms with Gasteiger partial charge < -0.3 is 10.0 Å². The Labute approximate surface area is 127 Å². The van der Waals surface area contributed by atoms with E-state index < -0.39 is 5.97 Å². The highest BCUT2D eigenvalue weighted by molar-refractivity contribution is 8.00. The fraction of sp³-hybridized carbons (Fsp3) is 0.429. The van der Waals surface area contributed by atoms with Gasteiger partial charge in [-0.2, -0.15) is 0 Å². The number of carbonyl (C=O) groups excluding carboxylic acids is 1. The van der Waals surface area contributed by atoms with Crippen LogP contribution in [0, 0.1) is 0 Å². The van der Waals surface area contributed by atoms with Gasteiger partial charge in [0.2, 0.25) is 5.91 Å². The third-order valence-corrected chi connectivity index (χ3v) is 4.53. The summed E-state index contributed by atoms with van der Waals surface area (Å²) in [6.07, 6.45) is 1.70. The van der Waals surface area contributed by atoms with E-state index in [0.29, 0.717) is 17.3 Å². The van der Waals surface area contributed by atoms with Gasteiger partial charge in [-0.25, -0.2) is 0 Å². The molecule has 2 rings (SSSR count). The van der Waals surface area contributed by atoms with E-state index in [1.165, 1.54) is 11.8 Å². The molecule has 1 saturated heterocycles. The van der Waals surface area contributed by atoms with Gasteiger partial charge in [0.15, 0.2) is 0 Å². The molecule has 1 aromatic rings. The van der Waals surface area contributed by atoms with Crippen molar-refractivity contribution in [2.75, 3.05) is 12.3 Å². The first-order chi connectivity index (χ1) is 9.56. The lowest BCUT2D eigenvalue weighted by Gasteiger charge is -2.23. The average Bonchev–Trinajstić information content (AvgIpc) is 2.85. The summed E-state index contributed by atoms with van der Waals surface area (Å²) in [6, 6.07) is 7.18. The van der Waals surface area contributed by atoms with E-state index in [0.717, 1.165) is 17.7 Å². The van der Waals surface area contributed by atoms with Crippen LogP contribution in [-0.2, 0) is 9.59 Å². The minimum Gasteiger partial charge on any atom is -0.481 e. The normalized spacial score (nSPS) is 18.2. The number of carboxylic acids is 1. The highest BCUT2D eigenvalue weighted by Gasteiger charge is 2.29. The van der Waals surface area contributed by atoms with Crippen LogP contribution >= 0.6 is 23.4 Å². The van der Waals surface area contributed by atoms with Crippen molar-refractivity contribution in [2.45, 2.75) is 30.2 Å². The number of nitrogens with zero attached hydrogens (tertiary/aromatic N) is 1. The van der Waals surface area contributed by atoms with Crippen molar-refractivity contribution in [3.63, 3.8) is 0 Å². The maximum atomic E-state index is 12.2. The average molecular weight is 314 g/mol. The Balaban J connectivity index is 1.87. The van der Waals surface area contributed by atoms with Crippen LogP contribution in [0.1, 0.15) is 19.3 Å². The molecule has 0 aromatic heterocycles. The molecule has 6 heteroatoms. The van der Waals surface area contributed by atoms with E-state index in [1.807, 2.05) is 12.1 Å². The highest BCUT2D eigenvalue weighted by Crippen LogP contribution is 2.24. The van der Waals surface area contributed by atoms with E-state index in [1.54, 1.807) is 17.0 Å². The summed E-state index contributed by atoms with van der Waals surface area (Å²) in [5.41, 5.74) is 0. The Morgan fingerprint density at radius 3 is 2.70 bits per heavy atom. The highest BCUT2D eigenvalue weighted by atomic mass is 35.5. The van der Waals surface area contributed by atoms with Crippen LogP contribution in [0.4, 0.5) is 0 Å². The smallest absolute Gasteiger partial charge is 0.305 e. The number of hydrogen-bond donors (Lipinski definition) is 1. The molecule has 0 radical (unpaired) electrons. The first kappa shape index (κ1) is 15.2. The molecule has 0 spiro atoms. The molecule has 1 aliphatic rings. The third-order valence-electron chi connectivity index (χ3n) is 3.28. The Morgan fingerprint density at radius 2 is 2.05 bits per heavy atom. The van der Waals surface area contributed by atoms with Crippen molar-refractivity contribution < 1.29 is 14.7 Å². The third kappa shape index (κ3) is 4.15. The fourth-order valence-electron chi connectivity index (χ4n) is 2.34. The number of carbonyl (C=O) groups is 2. The summed E-state index contributed by atoms with van der Waals surface area (Å²) in [4.78, 5) is 25.6. The standard InChI is InChI=1S/C14H16ClNO3S/c15-10-3-5-12(6-4-10)20-9-13(17)16-7-1-2-11(16)8-14(18)19/h3-6,11H,1-2,7-9H2,(H,18,19). The molecule has 1 aliphatic heterocycles. The second-order valence-electron chi connectivity index (χ2n) is 4.72. The monoisotopic (exact) mass is 313 g/mol. The predicted molar refractivity (Wildman–Crippen MR) is 79.2 cm³/mol. The number of thioether (sulfide) groups is 1. The zero-order chi connectivity index (χ0) is 14.5. The quantitative estimate of drug-likeness (QED) is 0.849. The lowest BCUT2D eigenvalue weighted by molar-refractivity contribution is -0.139. The van der Waals surface area contributed by atoms with Gasteiger partial charge in [0.1, 0.15) is 0 Å². The fourth-order valence-corrected chi connectivity index (χ4v) is 3.25. The number of amides is 1. The molecule has 1 N–H and O–H groups in total.